The van der Waals surface area contributed by atoms with Crippen LogP contribution in [0.5, 0.6) is 5.75 Å². The summed E-state index contributed by atoms with van der Waals surface area (Å²) in [7, 11) is 0. The Morgan fingerprint density at radius 3 is 2.54 bits per heavy atom. The molecule has 5 heteroatoms. The fraction of sp³-hybridized carbons (Fsp3) is 0.263. The number of carbonyl (C=O) groups is 2. The molecule has 4 nitrogen and oxygen atoms in total. The summed E-state index contributed by atoms with van der Waals surface area (Å²) >= 11 is 5.83. The number of fused-ring (bicyclic) bond motifs is 1. The Kier molecular flexibility index (Phi) is 4.86. The average molecular weight is 344 g/mol. The Bertz CT molecular complexity index is 771. The number of amides is 1. The SMILES string of the molecule is Cc1cccc2c1N(CCCCOc1ccc(Cl)cc1)C(=O)C2=O. The van der Waals surface area contributed by atoms with Crippen molar-refractivity contribution in [3.05, 3.63) is 58.6 Å². The van der Waals surface area contributed by atoms with E-state index >= 15 is 0 Å². The third-order valence-electron chi connectivity index (χ3n) is 4.05. The van der Waals surface area contributed by atoms with Crippen LogP contribution in [0.3, 0.4) is 0 Å². The van der Waals surface area contributed by atoms with E-state index in [9.17, 15) is 9.59 Å². The maximum absolute atomic E-state index is 12.2. The van der Waals surface area contributed by atoms with Crippen LogP contribution in [0, 0.1) is 6.92 Å². The van der Waals surface area contributed by atoms with Crippen LogP contribution in [-0.2, 0) is 4.79 Å². The van der Waals surface area contributed by atoms with Crippen molar-refractivity contribution in [3.8, 4) is 5.75 Å². The number of Topliss-reactive ketones (excluding diaryl/α,β-unsaturated/α-hetero) is 1. The number of hydrogen-bond acceptors (Lipinski definition) is 3. The molecule has 0 aromatic heterocycles. The van der Waals surface area contributed by atoms with Crippen molar-refractivity contribution in [3.63, 3.8) is 0 Å². The molecule has 0 radical (unpaired) electrons. The quantitative estimate of drug-likeness (QED) is 0.587. The van der Waals surface area contributed by atoms with Gasteiger partial charge in [-0.3, -0.25) is 9.59 Å². The normalized spacial score (nSPS) is 13.3. The molecule has 0 bridgehead atoms. The summed E-state index contributed by atoms with van der Waals surface area (Å²) in [5, 5.41) is 0.675. The van der Waals surface area contributed by atoms with Gasteiger partial charge in [0.05, 0.1) is 17.9 Å². The van der Waals surface area contributed by atoms with Crippen LogP contribution in [0.4, 0.5) is 5.69 Å². The van der Waals surface area contributed by atoms with E-state index in [1.807, 2.05) is 31.2 Å². The summed E-state index contributed by atoms with van der Waals surface area (Å²) in [6, 6.07) is 12.7. The molecule has 2 aromatic rings. The predicted octanol–water partition coefficient (Wildman–Crippen LogP) is 4.04. The number of nitrogens with zero attached hydrogens (tertiary/aromatic N) is 1. The molecule has 1 aliphatic heterocycles. The number of anilines is 1. The lowest BCUT2D eigenvalue weighted by Gasteiger charge is -2.18. The van der Waals surface area contributed by atoms with E-state index in [1.165, 1.54) is 0 Å². The second-order valence-corrected chi connectivity index (χ2v) is 6.20. The van der Waals surface area contributed by atoms with Crippen molar-refractivity contribution in [2.75, 3.05) is 18.1 Å². The van der Waals surface area contributed by atoms with E-state index in [0.717, 1.165) is 29.8 Å². The third-order valence-corrected chi connectivity index (χ3v) is 4.30. The molecule has 0 fully saturated rings. The van der Waals surface area contributed by atoms with Crippen molar-refractivity contribution in [2.45, 2.75) is 19.8 Å². The molecule has 0 aliphatic carbocycles. The molecule has 3 rings (SSSR count). The van der Waals surface area contributed by atoms with Gasteiger partial charge in [-0.1, -0.05) is 23.7 Å². The second-order valence-electron chi connectivity index (χ2n) is 5.77. The molecule has 1 amide bonds. The molecule has 24 heavy (non-hydrogen) atoms. The Morgan fingerprint density at radius 2 is 1.79 bits per heavy atom. The molecule has 0 saturated carbocycles. The van der Waals surface area contributed by atoms with E-state index in [0.29, 0.717) is 23.7 Å². The number of ether oxygens (including phenoxy) is 1. The zero-order valence-electron chi connectivity index (χ0n) is 13.4. The van der Waals surface area contributed by atoms with Crippen LogP contribution in [0.1, 0.15) is 28.8 Å². The molecule has 1 heterocycles. The van der Waals surface area contributed by atoms with Crippen molar-refractivity contribution >= 4 is 29.0 Å². The minimum Gasteiger partial charge on any atom is -0.494 e. The van der Waals surface area contributed by atoms with Crippen molar-refractivity contribution in [1.29, 1.82) is 0 Å². The Morgan fingerprint density at radius 1 is 1.04 bits per heavy atom. The molecule has 124 valence electrons. The van der Waals surface area contributed by atoms with Gasteiger partial charge in [0.2, 0.25) is 0 Å². The maximum atomic E-state index is 12.2. The molecule has 0 spiro atoms. The first-order chi connectivity index (χ1) is 11.6. The van der Waals surface area contributed by atoms with Crippen LogP contribution < -0.4 is 9.64 Å². The fourth-order valence-electron chi connectivity index (χ4n) is 2.85. The summed E-state index contributed by atoms with van der Waals surface area (Å²) in [5.41, 5.74) is 2.22. The highest BCUT2D eigenvalue weighted by Gasteiger charge is 2.36. The lowest BCUT2D eigenvalue weighted by Crippen LogP contribution is -2.31. The van der Waals surface area contributed by atoms with Crippen LogP contribution in [0.15, 0.2) is 42.5 Å². The minimum absolute atomic E-state index is 0.411. The number of unbranched alkanes of at least 4 members (excludes halogenated alkanes) is 1. The maximum Gasteiger partial charge on any atom is 0.299 e. The molecular weight excluding hydrogens is 326 g/mol. The zero-order valence-corrected chi connectivity index (χ0v) is 14.2. The lowest BCUT2D eigenvalue weighted by atomic mass is 10.1. The number of carbonyl (C=O) groups excluding carboxylic acids is 2. The molecule has 0 atom stereocenters. The van der Waals surface area contributed by atoms with Crippen LogP contribution in [-0.4, -0.2) is 24.8 Å². The van der Waals surface area contributed by atoms with E-state index < -0.39 is 11.7 Å². The summed E-state index contributed by atoms with van der Waals surface area (Å²) < 4.78 is 5.64. The summed E-state index contributed by atoms with van der Waals surface area (Å²) in [4.78, 5) is 25.8. The molecular formula is C19H18ClNO3. The monoisotopic (exact) mass is 343 g/mol. The van der Waals surface area contributed by atoms with Gasteiger partial charge in [-0.05, 0) is 55.7 Å². The number of hydrogen-bond donors (Lipinski definition) is 0. The Hall–Kier alpha value is -2.33. The largest absolute Gasteiger partial charge is 0.494 e. The zero-order chi connectivity index (χ0) is 17.1. The van der Waals surface area contributed by atoms with Gasteiger partial charge in [0, 0.05) is 11.6 Å². The van der Waals surface area contributed by atoms with Crippen molar-refractivity contribution in [2.24, 2.45) is 0 Å². The predicted molar refractivity (Wildman–Crippen MR) is 94.0 cm³/mol. The van der Waals surface area contributed by atoms with E-state index in [4.69, 9.17) is 16.3 Å². The summed E-state index contributed by atoms with van der Waals surface area (Å²) in [6.45, 7) is 2.99. The Labute approximate surface area is 146 Å². The number of aryl methyl sites for hydroxylation is 1. The molecule has 0 N–H and O–H groups in total. The van der Waals surface area contributed by atoms with Crippen LogP contribution >= 0.6 is 11.6 Å². The van der Waals surface area contributed by atoms with Crippen molar-refractivity contribution in [1.82, 2.24) is 0 Å². The standard InChI is InChI=1S/C19H18ClNO3/c1-13-5-4-6-16-17(13)21(19(23)18(16)22)11-2-3-12-24-15-9-7-14(20)8-10-15/h4-10H,2-3,11-12H2,1H3. The number of rotatable bonds is 6. The summed E-state index contributed by atoms with van der Waals surface area (Å²) in [5.74, 6) is -0.0722. The van der Waals surface area contributed by atoms with Gasteiger partial charge < -0.3 is 9.64 Å². The van der Waals surface area contributed by atoms with Gasteiger partial charge in [-0.2, -0.15) is 0 Å². The molecule has 0 unspecified atom stereocenters. The first kappa shape index (κ1) is 16.5. The second kappa shape index (κ2) is 7.05. The first-order valence-electron chi connectivity index (χ1n) is 7.92. The topological polar surface area (TPSA) is 46.6 Å². The first-order valence-corrected chi connectivity index (χ1v) is 8.30. The highest BCUT2D eigenvalue weighted by Crippen LogP contribution is 2.32. The number of para-hydroxylation sites is 1. The van der Waals surface area contributed by atoms with Gasteiger partial charge in [0.25, 0.3) is 11.7 Å². The summed E-state index contributed by atoms with van der Waals surface area (Å²) in [6.07, 6.45) is 1.56. The van der Waals surface area contributed by atoms with Crippen molar-refractivity contribution < 1.29 is 14.3 Å². The van der Waals surface area contributed by atoms with E-state index in [1.54, 1.807) is 23.1 Å². The lowest BCUT2D eigenvalue weighted by molar-refractivity contribution is -0.114. The minimum atomic E-state index is -0.432. The number of halogens is 1. The van der Waals surface area contributed by atoms with Gasteiger partial charge in [0.1, 0.15) is 5.75 Å². The fourth-order valence-corrected chi connectivity index (χ4v) is 2.97. The molecule has 1 aliphatic rings. The number of benzene rings is 2. The van der Waals surface area contributed by atoms with Gasteiger partial charge in [0.15, 0.2) is 0 Å². The van der Waals surface area contributed by atoms with Crippen LogP contribution in [0.25, 0.3) is 0 Å². The van der Waals surface area contributed by atoms with E-state index in [2.05, 4.69) is 0 Å². The van der Waals surface area contributed by atoms with Gasteiger partial charge in [-0.15, -0.1) is 0 Å². The van der Waals surface area contributed by atoms with Crippen LogP contribution in [0.2, 0.25) is 5.02 Å². The average Bonchev–Trinajstić information content (AvgIpc) is 2.82. The number of ketones is 1. The Balaban J connectivity index is 1.53. The highest BCUT2D eigenvalue weighted by atomic mass is 35.5. The smallest absolute Gasteiger partial charge is 0.299 e. The van der Waals surface area contributed by atoms with Gasteiger partial charge in [-0.25, -0.2) is 0 Å². The molecule has 0 saturated heterocycles. The van der Waals surface area contributed by atoms with Gasteiger partial charge >= 0.3 is 0 Å². The third kappa shape index (κ3) is 3.29. The van der Waals surface area contributed by atoms with E-state index in [-0.39, 0.29) is 0 Å². The molecule has 2 aromatic carbocycles. The highest BCUT2D eigenvalue weighted by molar-refractivity contribution is 6.52.